The quantitative estimate of drug-likeness (QED) is 0.495. The Morgan fingerprint density at radius 2 is 2.09 bits per heavy atom. The van der Waals surface area contributed by atoms with Crippen LogP contribution in [-0.4, -0.2) is 27.6 Å². The second-order valence-electron chi connectivity index (χ2n) is 2.07. The molecule has 1 rings (SSSR count). The van der Waals surface area contributed by atoms with E-state index in [2.05, 4.69) is 0 Å². The van der Waals surface area contributed by atoms with Gasteiger partial charge in [-0.25, -0.2) is 4.21 Å². The normalized spacial score (nSPS) is 11.8. The zero-order valence-corrected chi connectivity index (χ0v) is 6.39. The molecule has 0 spiro atoms. The van der Waals surface area contributed by atoms with Gasteiger partial charge in [-0.3, -0.25) is 0 Å². The Balaban J connectivity index is 0.000001000. The summed E-state index contributed by atoms with van der Waals surface area (Å²) in [6, 6.07) is 6.97. The van der Waals surface area contributed by atoms with E-state index in [1.165, 1.54) is 0 Å². The van der Waals surface area contributed by atoms with Crippen LogP contribution in [-0.2, 0) is 11.1 Å². The summed E-state index contributed by atoms with van der Waals surface area (Å²) in [4.78, 5) is 0.458. The number of benzene rings is 1. The topological polar surface area (TPSA) is 37.3 Å². The van der Waals surface area contributed by atoms with Crippen molar-refractivity contribution in [3.63, 3.8) is 0 Å². The Hall–Kier alpha value is -0.0726. The first kappa shape index (κ1) is 10.9. The molecule has 0 bridgehead atoms. The Bertz CT molecular complexity index is 262. The van der Waals surface area contributed by atoms with Gasteiger partial charge >= 0.3 is 18.9 Å². The van der Waals surface area contributed by atoms with Crippen LogP contribution in [0.2, 0.25) is 0 Å². The molecule has 0 saturated heterocycles. The summed E-state index contributed by atoms with van der Waals surface area (Å²) in [7, 11) is 0. The molecular formula is C7H9LiO2S. The van der Waals surface area contributed by atoms with Crippen LogP contribution in [0.1, 0.15) is 5.56 Å². The molecule has 11 heavy (non-hydrogen) atoms. The number of aryl methyl sites for hydroxylation is 1. The van der Waals surface area contributed by atoms with Gasteiger partial charge in [0.25, 0.3) is 0 Å². The van der Waals surface area contributed by atoms with Gasteiger partial charge in [0.15, 0.2) is 11.1 Å². The Labute approximate surface area is 80.5 Å². The summed E-state index contributed by atoms with van der Waals surface area (Å²) in [6.07, 6.45) is 0. The van der Waals surface area contributed by atoms with Crippen LogP contribution in [0.15, 0.2) is 29.2 Å². The molecule has 0 heterocycles. The van der Waals surface area contributed by atoms with Gasteiger partial charge in [-0.1, -0.05) is 12.1 Å². The SMILES string of the molecule is Cc1cccc(S(=O)O)c1.[LiH]. The second kappa shape index (κ2) is 4.73. The fraction of sp³-hybridized carbons (Fsp3) is 0.143. The summed E-state index contributed by atoms with van der Waals surface area (Å²) in [5.74, 6) is 0. The first-order valence-electron chi connectivity index (χ1n) is 2.87. The van der Waals surface area contributed by atoms with Gasteiger partial charge in [0.05, 0.1) is 4.90 Å². The predicted molar refractivity (Wildman–Crippen MR) is 47.4 cm³/mol. The molecule has 0 aliphatic rings. The average Bonchev–Trinajstić information content (AvgIpc) is 1.88. The van der Waals surface area contributed by atoms with Crippen molar-refractivity contribution in [2.24, 2.45) is 0 Å². The first-order chi connectivity index (χ1) is 4.70. The van der Waals surface area contributed by atoms with E-state index >= 15 is 0 Å². The third-order valence-electron chi connectivity index (χ3n) is 1.19. The summed E-state index contributed by atoms with van der Waals surface area (Å²) < 4.78 is 19.1. The molecule has 2 nitrogen and oxygen atoms in total. The molecule has 1 unspecified atom stereocenters. The zero-order chi connectivity index (χ0) is 7.56. The molecule has 0 aliphatic carbocycles. The zero-order valence-electron chi connectivity index (χ0n) is 5.57. The molecule has 0 saturated carbocycles. The molecule has 0 radical (unpaired) electrons. The minimum atomic E-state index is -1.84. The molecule has 1 atom stereocenters. The maximum absolute atomic E-state index is 10.5. The molecule has 0 aliphatic heterocycles. The molecule has 0 fully saturated rings. The van der Waals surface area contributed by atoms with Gasteiger partial charge in [-0.2, -0.15) is 0 Å². The van der Waals surface area contributed by atoms with Crippen LogP contribution in [0, 0.1) is 6.92 Å². The Morgan fingerprint density at radius 1 is 1.45 bits per heavy atom. The van der Waals surface area contributed by atoms with Gasteiger partial charge in [-0.15, -0.1) is 0 Å². The van der Waals surface area contributed by atoms with Crippen LogP contribution in [0.5, 0.6) is 0 Å². The number of rotatable bonds is 1. The number of hydrogen-bond acceptors (Lipinski definition) is 1. The van der Waals surface area contributed by atoms with Crippen molar-refractivity contribution in [2.75, 3.05) is 0 Å². The van der Waals surface area contributed by atoms with Gasteiger partial charge in [0, 0.05) is 0 Å². The summed E-state index contributed by atoms with van der Waals surface area (Å²) in [6.45, 7) is 1.89. The van der Waals surface area contributed by atoms with Crippen molar-refractivity contribution in [3.05, 3.63) is 29.8 Å². The van der Waals surface area contributed by atoms with E-state index in [0.717, 1.165) is 5.56 Å². The molecule has 1 N–H and O–H groups in total. The predicted octanol–water partition coefficient (Wildman–Crippen LogP) is 0.927. The van der Waals surface area contributed by atoms with Crippen LogP contribution < -0.4 is 0 Å². The van der Waals surface area contributed by atoms with Crippen molar-refractivity contribution in [1.29, 1.82) is 0 Å². The molecule has 1 aromatic rings. The van der Waals surface area contributed by atoms with Crippen molar-refractivity contribution in [3.8, 4) is 0 Å². The Morgan fingerprint density at radius 3 is 2.45 bits per heavy atom. The van der Waals surface area contributed by atoms with Gasteiger partial charge in [0.1, 0.15) is 0 Å². The third kappa shape index (κ3) is 3.22. The summed E-state index contributed by atoms with van der Waals surface area (Å²) in [5.41, 5.74) is 1.000. The van der Waals surface area contributed by atoms with Gasteiger partial charge in [-0.05, 0) is 24.6 Å². The molecule has 56 valence electrons. The van der Waals surface area contributed by atoms with E-state index in [9.17, 15) is 4.21 Å². The molecule has 0 aromatic heterocycles. The van der Waals surface area contributed by atoms with E-state index in [0.29, 0.717) is 4.90 Å². The van der Waals surface area contributed by atoms with Crippen LogP contribution in [0.4, 0.5) is 0 Å². The first-order valence-corrected chi connectivity index (χ1v) is 3.98. The van der Waals surface area contributed by atoms with E-state index in [4.69, 9.17) is 4.55 Å². The fourth-order valence-corrected chi connectivity index (χ4v) is 1.21. The summed E-state index contributed by atoms with van der Waals surface area (Å²) >= 11 is -1.84. The van der Waals surface area contributed by atoms with Crippen molar-refractivity contribution in [2.45, 2.75) is 11.8 Å². The minimum absolute atomic E-state index is 0. The molecule has 1 aromatic carbocycles. The molecular weight excluding hydrogens is 155 g/mol. The maximum atomic E-state index is 10.5. The molecule has 0 amide bonds. The average molecular weight is 164 g/mol. The van der Waals surface area contributed by atoms with Crippen molar-refractivity contribution in [1.82, 2.24) is 0 Å². The van der Waals surface area contributed by atoms with Crippen molar-refractivity contribution >= 4 is 29.9 Å². The third-order valence-corrected chi connectivity index (χ3v) is 1.85. The Kier molecular flexibility index (Phi) is 4.70. The monoisotopic (exact) mass is 164 g/mol. The van der Waals surface area contributed by atoms with Crippen LogP contribution >= 0.6 is 0 Å². The van der Waals surface area contributed by atoms with Crippen LogP contribution in [0.3, 0.4) is 0 Å². The number of hydrogen-bond donors (Lipinski definition) is 1. The molecule has 4 heteroatoms. The van der Waals surface area contributed by atoms with E-state index in [-0.39, 0.29) is 18.9 Å². The fourth-order valence-electron chi connectivity index (χ4n) is 0.724. The van der Waals surface area contributed by atoms with E-state index in [1.54, 1.807) is 18.2 Å². The summed E-state index contributed by atoms with van der Waals surface area (Å²) in [5, 5.41) is 0. The van der Waals surface area contributed by atoms with E-state index in [1.807, 2.05) is 13.0 Å². The van der Waals surface area contributed by atoms with Crippen LogP contribution in [0.25, 0.3) is 0 Å². The van der Waals surface area contributed by atoms with E-state index < -0.39 is 11.1 Å². The standard InChI is InChI=1S/C7H8O2S.Li.H/c1-6-3-2-4-7(5-6)10(8)9;;/h2-5H,1H3,(H,8,9);;. The second-order valence-corrected chi connectivity index (χ2v) is 3.04. The van der Waals surface area contributed by atoms with Crippen molar-refractivity contribution < 1.29 is 8.76 Å². The van der Waals surface area contributed by atoms with Gasteiger partial charge < -0.3 is 4.55 Å². The van der Waals surface area contributed by atoms with Gasteiger partial charge in [0.2, 0.25) is 0 Å².